The molecule has 0 aromatic carbocycles. The van der Waals surface area contributed by atoms with Gasteiger partial charge in [0.05, 0.1) is 0 Å². The Morgan fingerprint density at radius 3 is 2.21 bits per heavy atom. The molecule has 1 fully saturated rings. The van der Waals surface area contributed by atoms with Crippen molar-refractivity contribution in [2.24, 2.45) is 11.1 Å². The van der Waals surface area contributed by atoms with Crippen molar-refractivity contribution in [2.75, 3.05) is 19.6 Å². The minimum atomic E-state index is 0.445. The Kier molecular flexibility index (Phi) is 4.39. The van der Waals surface area contributed by atoms with E-state index in [1.54, 1.807) is 0 Å². The normalized spacial score (nSPS) is 21.0. The zero-order valence-corrected chi connectivity index (χ0v) is 10.1. The van der Waals surface area contributed by atoms with E-state index in [0.717, 1.165) is 13.1 Å². The van der Waals surface area contributed by atoms with Crippen molar-refractivity contribution in [3.05, 3.63) is 0 Å². The van der Waals surface area contributed by atoms with Gasteiger partial charge in [-0.25, -0.2) is 0 Å². The van der Waals surface area contributed by atoms with Gasteiger partial charge in [-0.15, -0.1) is 0 Å². The summed E-state index contributed by atoms with van der Waals surface area (Å²) in [6, 6.07) is 0.657. The highest BCUT2D eigenvalue weighted by Crippen LogP contribution is 2.38. The maximum absolute atomic E-state index is 5.95. The highest BCUT2D eigenvalue weighted by atomic mass is 15.1. The molecule has 0 heterocycles. The average Bonchev–Trinajstić information content (AvgIpc) is 2.63. The molecule has 1 aliphatic carbocycles. The summed E-state index contributed by atoms with van der Waals surface area (Å²) in [5, 5.41) is 0. The van der Waals surface area contributed by atoms with Crippen LogP contribution in [-0.2, 0) is 0 Å². The van der Waals surface area contributed by atoms with Crippen LogP contribution in [0.4, 0.5) is 0 Å². The van der Waals surface area contributed by atoms with Crippen LogP contribution in [0.15, 0.2) is 0 Å². The summed E-state index contributed by atoms with van der Waals surface area (Å²) in [7, 11) is 0. The summed E-state index contributed by atoms with van der Waals surface area (Å²) in [5.41, 5.74) is 6.39. The van der Waals surface area contributed by atoms with Crippen molar-refractivity contribution in [1.29, 1.82) is 0 Å². The molecule has 0 unspecified atom stereocenters. The Labute approximate surface area is 88.8 Å². The van der Waals surface area contributed by atoms with Gasteiger partial charge >= 0.3 is 0 Å². The van der Waals surface area contributed by atoms with Crippen LogP contribution < -0.4 is 5.73 Å². The molecule has 0 atom stereocenters. The van der Waals surface area contributed by atoms with Crippen LogP contribution in [0.2, 0.25) is 0 Å². The Balaban J connectivity index is 2.53. The van der Waals surface area contributed by atoms with Gasteiger partial charge in [0.15, 0.2) is 0 Å². The first kappa shape index (κ1) is 12.0. The lowest BCUT2D eigenvalue weighted by Gasteiger charge is -2.36. The molecule has 1 aliphatic rings. The van der Waals surface area contributed by atoms with Gasteiger partial charge < -0.3 is 10.6 Å². The largest absolute Gasteiger partial charge is 0.330 e. The molecule has 0 aromatic rings. The molecule has 2 N–H and O–H groups in total. The van der Waals surface area contributed by atoms with E-state index >= 15 is 0 Å². The molecule has 0 bridgehead atoms. The number of nitrogens with two attached hydrogens (primary N) is 1. The van der Waals surface area contributed by atoms with E-state index in [9.17, 15) is 0 Å². The molecule has 2 heteroatoms. The van der Waals surface area contributed by atoms with Crippen LogP contribution >= 0.6 is 0 Å². The van der Waals surface area contributed by atoms with Crippen LogP contribution in [0, 0.1) is 5.41 Å². The van der Waals surface area contributed by atoms with Crippen molar-refractivity contribution in [1.82, 2.24) is 4.90 Å². The summed E-state index contributed by atoms with van der Waals surface area (Å²) in [5.74, 6) is 0. The van der Waals surface area contributed by atoms with E-state index in [2.05, 4.69) is 25.7 Å². The first-order valence-electron chi connectivity index (χ1n) is 6.07. The van der Waals surface area contributed by atoms with E-state index < -0.39 is 0 Å². The van der Waals surface area contributed by atoms with Crippen molar-refractivity contribution < 1.29 is 0 Å². The molecule has 0 saturated heterocycles. The molecule has 84 valence electrons. The van der Waals surface area contributed by atoms with E-state index in [-0.39, 0.29) is 0 Å². The van der Waals surface area contributed by atoms with Crippen molar-refractivity contribution in [3.63, 3.8) is 0 Å². The van der Waals surface area contributed by atoms with Gasteiger partial charge in [0.25, 0.3) is 0 Å². The average molecular weight is 198 g/mol. The number of hydrogen-bond acceptors (Lipinski definition) is 2. The SMILES string of the molecule is CCN(CC1(CN)CCCC1)C(C)C. The second-order valence-electron chi connectivity index (χ2n) is 5.07. The van der Waals surface area contributed by atoms with Crippen LogP contribution in [0.3, 0.4) is 0 Å². The standard InChI is InChI=1S/C12H26N2/c1-4-14(11(2)3)10-12(9-13)7-5-6-8-12/h11H,4-10,13H2,1-3H3. The maximum atomic E-state index is 5.95. The van der Waals surface area contributed by atoms with Gasteiger partial charge in [-0.05, 0) is 45.2 Å². The minimum Gasteiger partial charge on any atom is -0.330 e. The third-order valence-corrected chi connectivity index (χ3v) is 3.77. The second kappa shape index (κ2) is 5.13. The lowest BCUT2D eigenvalue weighted by atomic mass is 9.85. The van der Waals surface area contributed by atoms with Gasteiger partial charge in [-0.1, -0.05) is 19.8 Å². The van der Waals surface area contributed by atoms with Crippen molar-refractivity contribution in [3.8, 4) is 0 Å². The van der Waals surface area contributed by atoms with Gasteiger partial charge in [-0.2, -0.15) is 0 Å². The van der Waals surface area contributed by atoms with Crippen LogP contribution in [0.1, 0.15) is 46.5 Å². The molecular weight excluding hydrogens is 172 g/mol. The number of nitrogens with zero attached hydrogens (tertiary/aromatic N) is 1. The quantitative estimate of drug-likeness (QED) is 0.734. The summed E-state index contributed by atoms with van der Waals surface area (Å²) in [6.07, 6.45) is 5.44. The smallest absolute Gasteiger partial charge is 0.00526 e. The molecule has 2 nitrogen and oxygen atoms in total. The Morgan fingerprint density at radius 2 is 1.86 bits per heavy atom. The predicted octanol–water partition coefficient (Wildman–Crippen LogP) is 2.24. The van der Waals surface area contributed by atoms with Crippen molar-refractivity contribution in [2.45, 2.75) is 52.5 Å². The molecule has 14 heavy (non-hydrogen) atoms. The first-order chi connectivity index (χ1) is 6.63. The second-order valence-corrected chi connectivity index (χ2v) is 5.07. The van der Waals surface area contributed by atoms with Crippen LogP contribution in [-0.4, -0.2) is 30.6 Å². The summed E-state index contributed by atoms with van der Waals surface area (Å²) in [6.45, 7) is 10.0. The van der Waals surface area contributed by atoms with Crippen LogP contribution in [0.5, 0.6) is 0 Å². The summed E-state index contributed by atoms with van der Waals surface area (Å²) >= 11 is 0. The molecule has 0 amide bonds. The molecule has 1 rings (SSSR count). The van der Waals surface area contributed by atoms with Gasteiger partial charge in [0.1, 0.15) is 0 Å². The summed E-state index contributed by atoms with van der Waals surface area (Å²) < 4.78 is 0. The number of hydrogen-bond donors (Lipinski definition) is 1. The van der Waals surface area contributed by atoms with Gasteiger partial charge in [0, 0.05) is 12.6 Å². The highest BCUT2D eigenvalue weighted by molar-refractivity contribution is 4.88. The summed E-state index contributed by atoms with van der Waals surface area (Å²) in [4.78, 5) is 2.55. The molecule has 1 saturated carbocycles. The lowest BCUT2D eigenvalue weighted by molar-refractivity contribution is 0.135. The molecule has 0 radical (unpaired) electrons. The van der Waals surface area contributed by atoms with E-state index in [4.69, 9.17) is 5.73 Å². The minimum absolute atomic E-state index is 0.445. The lowest BCUT2D eigenvalue weighted by Crippen LogP contribution is -2.43. The predicted molar refractivity (Wildman–Crippen MR) is 62.3 cm³/mol. The highest BCUT2D eigenvalue weighted by Gasteiger charge is 2.34. The fourth-order valence-corrected chi connectivity index (χ4v) is 2.64. The number of rotatable bonds is 5. The monoisotopic (exact) mass is 198 g/mol. The molecule has 0 aromatic heterocycles. The van der Waals surface area contributed by atoms with Crippen LogP contribution in [0.25, 0.3) is 0 Å². The molecule has 0 aliphatic heterocycles. The fraction of sp³-hybridized carbons (Fsp3) is 1.00. The Bertz CT molecular complexity index is 160. The van der Waals surface area contributed by atoms with E-state index in [1.165, 1.54) is 32.2 Å². The Hall–Kier alpha value is -0.0800. The maximum Gasteiger partial charge on any atom is 0.00526 e. The third-order valence-electron chi connectivity index (χ3n) is 3.77. The van der Waals surface area contributed by atoms with Crippen molar-refractivity contribution >= 4 is 0 Å². The van der Waals surface area contributed by atoms with E-state index in [0.29, 0.717) is 11.5 Å². The third kappa shape index (κ3) is 2.71. The Morgan fingerprint density at radius 1 is 1.29 bits per heavy atom. The van der Waals surface area contributed by atoms with Gasteiger partial charge in [0.2, 0.25) is 0 Å². The first-order valence-corrected chi connectivity index (χ1v) is 6.07. The zero-order chi connectivity index (χ0) is 10.6. The molecule has 0 spiro atoms. The zero-order valence-electron chi connectivity index (χ0n) is 10.1. The fourth-order valence-electron chi connectivity index (χ4n) is 2.64. The van der Waals surface area contributed by atoms with E-state index in [1.807, 2.05) is 0 Å². The van der Waals surface area contributed by atoms with Gasteiger partial charge in [-0.3, -0.25) is 0 Å². The topological polar surface area (TPSA) is 29.3 Å². The molecular formula is C12H26N2.